The van der Waals surface area contributed by atoms with Gasteiger partial charge < -0.3 is 94.1 Å². The SMILES string of the molecule is CN(CCCN)C(CO)CC(=O)N(CCCN)C(CO)CC(=O)N(CCCN)C1COC(=O)C1.NCCCCCCCCCCCCCNC(CO)CC(=O)N(CCCCCCCCCCCCCN)C(CO)CC(=O)N(CCCCCCCCCCCCCN)C1COC(=O)C1. The van der Waals surface area contributed by atoms with Gasteiger partial charge in [-0.05, 0) is 117 Å². The maximum Gasteiger partial charge on any atom is 0.308 e. The van der Waals surface area contributed by atoms with Crippen LogP contribution >= 0.6 is 0 Å². The zero-order valence-electron chi connectivity index (χ0n) is 61.1. The Kier molecular flexibility index (Phi) is 59.6. The molecule has 4 amide bonds. The summed E-state index contributed by atoms with van der Waals surface area (Å²) in [5, 5.41) is 44.4. The lowest BCUT2D eigenvalue weighted by Crippen LogP contribution is -2.50. The molecule has 0 radical (unpaired) electrons. The quantitative estimate of drug-likeness (QED) is 0.0237. The van der Waals surface area contributed by atoms with E-state index in [0.717, 1.165) is 110 Å². The van der Waals surface area contributed by atoms with Gasteiger partial charge in [-0.3, -0.25) is 28.8 Å². The summed E-state index contributed by atoms with van der Waals surface area (Å²) < 4.78 is 10.3. The second kappa shape index (κ2) is 63.3. The molecule has 0 aromatic carbocycles. The van der Waals surface area contributed by atoms with E-state index in [4.69, 9.17) is 43.9 Å². The molecule has 2 aliphatic rings. The Morgan fingerprint density at radius 2 is 0.660 bits per heavy atom. The second-order valence-corrected chi connectivity index (χ2v) is 27.5. The molecule has 6 atom stereocenters. The predicted molar refractivity (Wildman–Crippen MR) is 389 cm³/mol. The van der Waals surface area contributed by atoms with E-state index in [-0.39, 0.29) is 132 Å². The standard InChI is InChI=1S/C51H102N6O6.C22H44N6O6/c52-34-28-22-16-10-4-1-7-13-19-25-31-37-55-46(43-58)40-49(60)56(38-32-26-20-14-8-2-5-11-17-23-29-35-53)47(44-59)41-50(61)57(48-42-51(62)63-45-48)39-33-27-21-15-9-3-6-12-18-24-30-36-54;1-26(8-2-5-23)17(14-29)11-20(31)27(9-3-6-24)18(15-30)12-21(32)28(10-4-7-25)19-13-22(33)34-16-19/h46-48,55,58-59H,1-45,52-54H2;17-19,29-30H,2-16,23-25H2,1H3. The topological polar surface area (TPSA) is 386 Å². The van der Waals surface area contributed by atoms with Crippen molar-refractivity contribution in [2.45, 2.75) is 306 Å². The number of esters is 2. The summed E-state index contributed by atoms with van der Waals surface area (Å²) in [4.78, 5) is 86.8. The summed E-state index contributed by atoms with van der Waals surface area (Å²) in [6, 6.07) is -2.92. The van der Waals surface area contributed by atoms with Gasteiger partial charge in [0.2, 0.25) is 23.6 Å². The van der Waals surface area contributed by atoms with E-state index in [9.17, 15) is 49.2 Å². The Labute approximate surface area is 587 Å². The van der Waals surface area contributed by atoms with Gasteiger partial charge in [0.25, 0.3) is 0 Å². The van der Waals surface area contributed by atoms with E-state index in [2.05, 4.69) is 5.32 Å². The molecule has 570 valence electrons. The fourth-order valence-corrected chi connectivity index (χ4v) is 13.1. The minimum atomic E-state index is -0.751. The number of cyclic esters (lactones) is 2. The van der Waals surface area contributed by atoms with E-state index in [1.807, 2.05) is 11.9 Å². The van der Waals surface area contributed by atoms with Crippen LogP contribution in [0, 0.1) is 0 Å². The molecule has 2 heterocycles. The van der Waals surface area contributed by atoms with Crippen LogP contribution in [0.15, 0.2) is 0 Å². The predicted octanol–water partition coefficient (Wildman–Crippen LogP) is 6.24. The number of hydrogen-bond acceptors (Lipinski definition) is 20. The third-order valence-corrected chi connectivity index (χ3v) is 19.3. The Morgan fingerprint density at radius 1 is 0.371 bits per heavy atom. The molecule has 2 rings (SSSR count). The van der Waals surface area contributed by atoms with Gasteiger partial charge in [0, 0.05) is 63.9 Å². The number of rotatable bonds is 66. The van der Waals surface area contributed by atoms with Crippen molar-refractivity contribution in [3.63, 3.8) is 0 Å². The number of aliphatic hydroxyl groups excluding tert-OH is 4. The van der Waals surface area contributed by atoms with E-state index in [0.29, 0.717) is 58.7 Å². The summed E-state index contributed by atoms with van der Waals surface area (Å²) in [6.07, 6.45) is 41.0. The molecule has 97 heavy (non-hydrogen) atoms. The summed E-state index contributed by atoms with van der Waals surface area (Å²) >= 11 is 0. The Bertz CT molecular complexity index is 1940. The van der Waals surface area contributed by atoms with Crippen molar-refractivity contribution in [2.75, 3.05) is 125 Å². The first-order chi connectivity index (χ1) is 47.2. The molecule has 2 saturated heterocycles. The maximum absolute atomic E-state index is 14.1. The van der Waals surface area contributed by atoms with Crippen LogP contribution in [-0.4, -0.2) is 242 Å². The average Bonchev–Trinajstić information content (AvgIpc) is 1.87. The maximum atomic E-state index is 14.1. The zero-order chi connectivity index (χ0) is 71.4. The molecule has 2 fully saturated rings. The lowest BCUT2D eigenvalue weighted by Gasteiger charge is -2.35. The van der Waals surface area contributed by atoms with Crippen LogP contribution in [0.4, 0.5) is 0 Å². The zero-order valence-corrected chi connectivity index (χ0v) is 61.1. The smallest absolute Gasteiger partial charge is 0.308 e. The fourth-order valence-electron chi connectivity index (χ4n) is 13.1. The van der Waals surface area contributed by atoms with Crippen LogP contribution in [-0.2, 0) is 38.2 Å². The highest BCUT2D eigenvalue weighted by Crippen LogP contribution is 2.23. The molecule has 0 aliphatic carbocycles. The van der Waals surface area contributed by atoms with E-state index in [1.54, 1.807) is 14.7 Å². The van der Waals surface area contributed by atoms with Crippen LogP contribution < -0.4 is 39.7 Å². The van der Waals surface area contributed by atoms with Gasteiger partial charge in [0.05, 0.1) is 63.4 Å². The molecule has 6 unspecified atom stereocenters. The number of nitrogens with one attached hydrogen (secondary N) is 1. The molecule has 2 aliphatic heterocycles. The molecule has 24 nitrogen and oxygen atoms in total. The van der Waals surface area contributed by atoms with E-state index < -0.39 is 24.7 Å². The minimum absolute atomic E-state index is 0.00496. The van der Waals surface area contributed by atoms with Crippen molar-refractivity contribution in [3.05, 3.63) is 0 Å². The van der Waals surface area contributed by atoms with Crippen molar-refractivity contribution in [1.82, 2.24) is 29.8 Å². The summed E-state index contributed by atoms with van der Waals surface area (Å²) in [7, 11) is 1.82. The van der Waals surface area contributed by atoms with Crippen molar-refractivity contribution >= 4 is 35.6 Å². The molecule has 0 spiro atoms. The first-order valence-corrected chi connectivity index (χ1v) is 38.8. The molecule has 0 bridgehead atoms. The third kappa shape index (κ3) is 45.0. The van der Waals surface area contributed by atoms with E-state index >= 15 is 0 Å². The third-order valence-electron chi connectivity index (χ3n) is 19.3. The van der Waals surface area contributed by atoms with Gasteiger partial charge in [-0.2, -0.15) is 0 Å². The summed E-state index contributed by atoms with van der Waals surface area (Å²) in [5.41, 5.74) is 33.6. The van der Waals surface area contributed by atoms with E-state index in [1.165, 1.54) is 140 Å². The van der Waals surface area contributed by atoms with Crippen LogP contribution in [0.3, 0.4) is 0 Å². The highest BCUT2D eigenvalue weighted by atomic mass is 16.5. The Balaban J connectivity index is 0.00000116. The molecule has 0 aromatic heterocycles. The molecular weight excluding hydrogens is 1240 g/mol. The normalized spacial score (nSPS) is 15.8. The van der Waals surface area contributed by atoms with Crippen molar-refractivity contribution < 1.29 is 58.7 Å². The summed E-state index contributed by atoms with van der Waals surface area (Å²) in [6.45, 7) is 5.85. The molecule has 0 aromatic rings. The number of unbranched alkanes of at least 4 members (excludes halogenated alkanes) is 30. The first-order valence-electron chi connectivity index (χ1n) is 38.8. The highest BCUT2D eigenvalue weighted by Gasteiger charge is 2.37. The lowest BCUT2D eigenvalue weighted by molar-refractivity contribution is -0.142. The van der Waals surface area contributed by atoms with Crippen molar-refractivity contribution in [1.29, 1.82) is 0 Å². The van der Waals surface area contributed by atoms with Crippen molar-refractivity contribution in [2.24, 2.45) is 34.4 Å². The molecule has 0 saturated carbocycles. The lowest BCUT2D eigenvalue weighted by atomic mass is 10.0. The highest BCUT2D eigenvalue weighted by molar-refractivity contribution is 5.83. The van der Waals surface area contributed by atoms with Crippen LogP contribution in [0.1, 0.15) is 270 Å². The fraction of sp³-hybridized carbons (Fsp3) is 0.918. The number of nitrogens with two attached hydrogens (primary N) is 6. The number of likely N-dealkylation sites (N-methyl/N-ethyl adjacent to an activating group) is 1. The Morgan fingerprint density at radius 3 is 1.00 bits per heavy atom. The molecule has 24 heteroatoms. The number of nitrogens with zero attached hydrogens (tertiary/aromatic N) is 5. The second-order valence-electron chi connectivity index (χ2n) is 27.5. The van der Waals surface area contributed by atoms with Gasteiger partial charge in [-0.25, -0.2) is 0 Å². The van der Waals surface area contributed by atoms with Gasteiger partial charge in [0.1, 0.15) is 13.2 Å². The van der Waals surface area contributed by atoms with Gasteiger partial charge in [-0.1, -0.05) is 173 Å². The number of carbonyl (C=O) groups is 6. The van der Waals surface area contributed by atoms with Gasteiger partial charge in [0.15, 0.2) is 0 Å². The molecular formula is C73H146N12O12. The first kappa shape index (κ1) is 91.4. The van der Waals surface area contributed by atoms with Crippen molar-refractivity contribution in [3.8, 4) is 0 Å². The average molecular weight is 1380 g/mol. The monoisotopic (exact) mass is 1380 g/mol. The van der Waals surface area contributed by atoms with Crippen LogP contribution in [0.2, 0.25) is 0 Å². The number of amides is 4. The number of aliphatic hydroxyl groups is 4. The number of carbonyl (C=O) groups excluding carboxylic acids is 6. The van der Waals surface area contributed by atoms with Crippen LogP contribution in [0.5, 0.6) is 0 Å². The van der Waals surface area contributed by atoms with Gasteiger partial charge >= 0.3 is 11.9 Å². The summed E-state index contributed by atoms with van der Waals surface area (Å²) in [5.74, 6) is -1.49. The Hall–Kier alpha value is -3.66. The molecule has 17 N–H and O–H groups in total. The largest absolute Gasteiger partial charge is 0.463 e. The number of ether oxygens (including phenoxy) is 2. The van der Waals surface area contributed by atoms with Crippen LogP contribution in [0.25, 0.3) is 0 Å². The number of hydrogen-bond donors (Lipinski definition) is 11. The van der Waals surface area contributed by atoms with Gasteiger partial charge in [-0.15, -0.1) is 0 Å². The minimum Gasteiger partial charge on any atom is -0.463 e.